The molecule has 0 radical (unpaired) electrons. The third-order valence-corrected chi connectivity index (χ3v) is 8.75. The Hall–Kier alpha value is -4.81. The van der Waals surface area contributed by atoms with Gasteiger partial charge in [0.25, 0.3) is 11.8 Å². The third-order valence-electron chi connectivity index (χ3n) is 8.75. The summed E-state index contributed by atoms with van der Waals surface area (Å²) in [6, 6.07) is 16.2. The Kier molecular flexibility index (Phi) is 11.4. The number of aryl methyl sites for hydroxylation is 1. The molecule has 256 valence electrons. The van der Waals surface area contributed by atoms with Crippen molar-refractivity contribution in [2.45, 2.75) is 39.5 Å². The number of anilines is 4. The highest BCUT2D eigenvalue weighted by atomic mass is 16.5. The van der Waals surface area contributed by atoms with Crippen molar-refractivity contribution in [2.75, 3.05) is 81.6 Å². The van der Waals surface area contributed by atoms with Crippen molar-refractivity contribution >= 4 is 40.5 Å². The summed E-state index contributed by atoms with van der Waals surface area (Å²) in [6.45, 7) is 8.62. The van der Waals surface area contributed by atoms with Crippen LogP contribution in [0.15, 0.2) is 54.6 Å². The number of piperazine rings is 1. The second-order valence-electron chi connectivity index (χ2n) is 12.2. The van der Waals surface area contributed by atoms with Gasteiger partial charge in [0.15, 0.2) is 0 Å². The molecule has 48 heavy (non-hydrogen) atoms. The highest BCUT2D eigenvalue weighted by Gasteiger charge is 2.24. The van der Waals surface area contributed by atoms with Crippen molar-refractivity contribution in [3.05, 3.63) is 71.3 Å². The zero-order chi connectivity index (χ0) is 34.2. The van der Waals surface area contributed by atoms with Crippen LogP contribution in [0.2, 0.25) is 0 Å². The molecule has 1 fully saturated rings. The van der Waals surface area contributed by atoms with Gasteiger partial charge in [-0.05, 0) is 88.2 Å². The molecule has 3 amide bonds. The fraction of sp³-hybridized carbons (Fsp3) is 0.417. The fourth-order valence-corrected chi connectivity index (χ4v) is 5.81. The Balaban J connectivity index is 1.18. The standard InChI is InChI=1S/C36H47N7O5/c1-6-43-38-29-12-10-11-27(34(29)39-43)35(45)37-28-16-15-26(24-31(28)47-5)36(46)41(4)30-17-14-25(2)23-32(30)48-22-9-7-8-13-33(44)42-20-18-40(3)19-21-42/h10-12,14-17,23-24,38-39H,6-9,13,18-22H2,1-5H3,(H,37,45). The summed E-state index contributed by atoms with van der Waals surface area (Å²) in [6.07, 6.45) is 3.07. The van der Waals surface area contributed by atoms with Crippen LogP contribution >= 0.6 is 0 Å². The Morgan fingerprint density at radius 1 is 0.938 bits per heavy atom. The molecule has 0 atom stereocenters. The van der Waals surface area contributed by atoms with Gasteiger partial charge >= 0.3 is 0 Å². The number of methoxy groups -OCH3 is 1. The smallest absolute Gasteiger partial charge is 0.258 e. The van der Waals surface area contributed by atoms with Gasteiger partial charge in [-0.2, -0.15) is 0 Å². The van der Waals surface area contributed by atoms with Crippen molar-refractivity contribution in [3.8, 4) is 11.5 Å². The van der Waals surface area contributed by atoms with Gasteiger partial charge < -0.3 is 29.5 Å². The number of hydrogen-bond donors (Lipinski definition) is 3. The van der Waals surface area contributed by atoms with Gasteiger partial charge in [0.1, 0.15) is 11.5 Å². The molecule has 0 aromatic heterocycles. The molecule has 3 N–H and O–H groups in total. The molecule has 2 heterocycles. The van der Waals surface area contributed by atoms with E-state index in [9.17, 15) is 14.4 Å². The number of ether oxygens (including phenoxy) is 2. The van der Waals surface area contributed by atoms with Gasteiger partial charge in [0, 0.05) is 51.8 Å². The number of fused-ring (bicyclic) bond motifs is 1. The highest BCUT2D eigenvalue weighted by molar-refractivity contribution is 6.11. The van der Waals surface area contributed by atoms with Crippen LogP contribution in [0, 0.1) is 6.92 Å². The first kappa shape index (κ1) is 34.5. The number of amides is 3. The van der Waals surface area contributed by atoms with Gasteiger partial charge in [-0.1, -0.05) is 12.1 Å². The molecule has 12 nitrogen and oxygen atoms in total. The van der Waals surface area contributed by atoms with E-state index in [0.29, 0.717) is 59.3 Å². The molecule has 5 rings (SSSR count). The Morgan fingerprint density at radius 3 is 2.48 bits per heavy atom. The minimum absolute atomic E-state index is 0.231. The molecular weight excluding hydrogens is 610 g/mol. The van der Waals surface area contributed by atoms with Crippen molar-refractivity contribution < 1.29 is 23.9 Å². The molecule has 0 bridgehead atoms. The predicted octanol–water partition coefficient (Wildman–Crippen LogP) is 5.24. The number of hydrogen-bond acceptors (Lipinski definition) is 9. The van der Waals surface area contributed by atoms with Gasteiger partial charge in [-0.15, -0.1) is 5.12 Å². The lowest BCUT2D eigenvalue weighted by atomic mass is 10.1. The molecule has 0 aliphatic carbocycles. The number of benzene rings is 3. The number of likely N-dealkylation sites (N-methyl/N-ethyl adjacent to an activating group) is 1. The van der Waals surface area contributed by atoms with Crippen LogP contribution in [0.4, 0.5) is 22.7 Å². The second-order valence-corrected chi connectivity index (χ2v) is 12.2. The van der Waals surface area contributed by atoms with E-state index in [4.69, 9.17) is 9.47 Å². The van der Waals surface area contributed by atoms with E-state index in [2.05, 4.69) is 28.1 Å². The Bertz CT molecular complexity index is 1620. The lowest BCUT2D eigenvalue weighted by molar-refractivity contribution is -0.132. The molecule has 1 saturated heterocycles. The number of nitrogens with zero attached hydrogens (tertiary/aromatic N) is 4. The van der Waals surface area contributed by atoms with E-state index in [1.807, 2.05) is 49.1 Å². The molecule has 0 unspecified atom stereocenters. The number of carbonyl (C=O) groups is 3. The summed E-state index contributed by atoms with van der Waals surface area (Å²) in [7, 11) is 5.30. The normalized spacial score (nSPS) is 14.5. The number of nitrogens with one attached hydrogen (secondary N) is 3. The SMILES string of the molecule is CCN1Nc2cccc(C(=O)Nc3ccc(C(=O)N(C)c4ccc(C)cc4OCCCCCC(=O)N4CCN(C)CC4)cc3OC)c2N1. The lowest BCUT2D eigenvalue weighted by Crippen LogP contribution is -2.47. The van der Waals surface area contributed by atoms with E-state index >= 15 is 0 Å². The molecule has 0 spiro atoms. The zero-order valence-electron chi connectivity index (χ0n) is 28.6. The average Bonchev–Trinajstić information content (AvgIpc) is 3.53. The van der Waals surface area contributed by atoms with Gasteiger partial charge in [0.05, 0.1) is 42.0 Å². The van der Waals surface area contributed by atoms with Gasteiger partial charge in [0.2, 0.25) is 5.91 Å². The summed E-state index contributed by atoms with van der Waals surface area (Å²) in [4.78, 5) is 45.3. The number of hydrazine groups is 2. The zero-order valence-corrected chi connectivity index (χ0v) is 28.6. The first-order chi connectivity index (χ1) is 23.2. The van der Waals surface area contributed by atoms with Gasteiger partial charge in [-0.3, -0.25) is 25.2 Å². The van der Waals surface area contributed by atoms with Crippen LogP contribution in [-0.2, 0) is 4.79 Å². The van der Waals surface area contributed by atoms with Gasteiger partial charge in [-0.25, -0.2) is 0 Å². The number of rotatable bonds is 13. The molecule has 0 saturated carbocycles. The maximum absolute atomic E-state index is 13.7. The molecule has 3 aromatic carbocycles. The topological polar surface area (TPSA) is 119 Å². The highest BCUT2D eigenvalue weighted by Crippen LogP contribution is 2.34. The molecule has 2 aliphatic heterocycles. The molecule has 12 heteroatoms. The number of unbranched alkanes of at least 4 members (excludes halogenated alkanes) is 2. The number of para-hydroxylation sites is 1. The largest absolute Gasteiger partial charge is 0.495 e. The first-order valence-electron chi connectivity index (χ1n) is 16.6. The number of carbonyl (C=O) groups excluding carboxylic acids is 3. The third kappa shape index (κ3) is 8.18. The second kappa shape index (κ2) is 15.9. The molecule has 3 aromatic rings. The van der Waals surface area contributed by atoms with Crippen molar-refractivity contribution in [2.24, 2.45) is 0 Å². The maximum atomic E-state index is 13.7. The van der Waals surface area contributed by atoms with Crippen LogP contribution in [0.5, 0.6) is 11.5 Å². The molecule has 2 aliphatic rings. The summed E-state index contributed by atoms with van der Waals surface area (Å²) < 4.78 is 11.8. The van der Waals surface area contributed by atoms with E-state index in [0.717, 1.165) is 56.7 Å². The van der Waals surface area contributed by atoms with Crippen LogP contribution in [-0.4, -0.2) is 93.2 Å². The molecular formula is C36H47N7O5. The minimum atomic E-state index is -0.309. The van der Waals surface area contributed by atoms with E-state index in [1.54, 1.807) is 41.3 Å². The average molecular weight is 658 g/mol. The minimum Gasteiger partial charge on any atom is -0.495 e. The van der Waals surface area contributed by atoms with Crippen LogP contribution in [0.25, 0.3) is 0 Å². The van der Waals surface area contributed by atoms with Crippen molar-refractivity contribution in [1.82, 2.24) is 14.9 Å². The van der Waals surface area contributed by atoms with Crippen LogP contribution in [0.3, 0.4) is 0 Å². The Morgan fingerprint density at radius 2 is 1.73 bits per heavy atom. The van der Waals surface area contributed by atoms with Crippen molar-refractivity contribution in [3.63, 3.8) is 0 Å². The van der Waals surface area contributed by atoms with E-state index in [-0.39, 0.29) is 17.7 Å². The maximum Gasteiger partial charge on any atom is 0.258 e. The first-order valence-corrected chi connectivity index (χ1v) is 16.6. The van der Waals surface area contributed by atoms with E-state index in [1.165, 1.54) is 7.11 Å². The van der Waals surface area contributed by atoms with E-state index < -0.39 is 0 Å². The fourth-order valence-electron chi connectivity index (χ4n) is 5.81. The van der Waals surface area contributed by atoms with Crippen LogP contribution in [0.1, 0.15) is 58.9 Å². The van der Waals surface area contributed by atoms with Crippen LogP contribution < -0.4 is 30.5 Å². The lowest BCUT2D eigenvalue weighted by Gasteiger charge is -2.32. The van der Waals surface area contributed by atoms with Crippen molar-refractivity contribution in [1.29, 1.82) is 0 Å². The summed E-state index contributed by atoms with van der Waals surface area (Å²) in [5, 5.41) is 4.72. The monoisotopic (exact) mass is 657 g/mol. The Labute approximate surface area is 282 Å². The quantitative estimate of drug-likeness (QED) is 0.212. The summed E-state index contributed by atoms with van der Waals surface area (Å²) in [5.74, 6) is 0.655. The predicted molar refractivity (Wildman–Crippen MR) is 189 cm³/mol. The summed E-state index contributed by atoms with van der Waals surface area (Å²) >= 11 is 0. The summed E-state index contributed by atoms with van der Waals surface area (Å²) in [5.41, 5.74) is 10.9.